The summed E-state index contributed by atoms with van der Waals surface area (Å²) in [5, 5.41) is 17.1. The van der Waals surface area contributed by atoms with E-state index in [1.807, 2.05) is 0 Å². The fraction of sp³-hybridized carbons (Fsp3) is 0.302. The molecule has 0 saturated carbocycles. The molecule has 23 nitrogen and oxygen atoms in total. The number of nitrogens with one attached hydrogen (secondary N) is 3. The average Bonchev–Trinajstić information content (AvgIpc) is 3.74. The number of fused-ring (bicyclic) bond motifs is 1. The Balaban J connectivity index is 1.27. The molecule has 68 heavy (non-hydrogen) atoms. The van der Waals surface area contributed by atoms with Crippen molar-refractivity contribution in [1.82, 2.24) is 50.9 Å². The Morgan fingerprint density at radius 2 is 1.56 bits per heavy atom. The lowest BCUT2D eigenvalue weighted by atomic mass is 9.93. The lowest BCUT2D eigenvalue weighted by Gasteiger charge is -2.55. The van der Waals surface area contributed by atoms with Gasteiger partial charge in [-0.05, 0) is 57.3 Å². The van der Waals surface area contributed by atoms with Crippen molar-refractivity contribution >= 4 is 76.9 Å². The Morgan fingerprint density at radius 1 is 0.912 bits per heavy atom. The number of ether oxygens (including phenoxy) is 3. The molecule has 1 aromatic heterocycles. The predicted octanol–water partition coefficient (Wildman–Crippen LogP) is 0.370. The number of nitrogens with zero attached hydrogens (tertiary/aromatic N) is 7. The number of aryl methyl sites for hydroxylation is 1. The lowest BCUT2D eigenvalue weighted by Crippen LogP contribution is -2.88. The number of aromatic nitrogens is 4. The molecule has 0 radical (unpaired) electrons. The highest BCUT2D eigenvalue weighted by Crippen LogP contribution is 2.44. The molecule has 354 valence electrons. The zero-order chi connectivity index (χ0) is 48.9. The Hall–Kier alpha value is -7.64. The first-order chi connectivity index (χ1) is 32.6. The number of benzene rings is 3. The molecule has 4 atom stereocenters. The third kappa shape index (κ3) is 9.75. The highest BCUT2D eigenvalue weighted by atomic mass is 32.2. The van der Waals surface area contributed by atoms with Crippen LogP contribution in [-0.2, 0) is 61.3 Å². The topological polar surface area (TPSA) is 294 Å². The van der Waals surface area contributed by atoms with Gasteiger partial charge in [0.1, 0.15) is 17.5 Å². The maximum absolute atomic E-state index is 14.8. The summed E-state index contributed by atoms with van der Waals surface area (Å²) in [7, 11) is 1.58. The number of imide groups is 1. The van der Waals surface area contributed by atoms with Crippen molar-refractivity contribution in [2.24, 2.45) is 7.05 Å². The van der Waals surface area contributed by atoms with Crippen LogP contribution in [0, 0.1) is 0 Å². The number of esters is 3. The van der Waals surface area contributed by atoms with E-state index in [-0.39, 0.29) is 65.9 Å². The second-order valence-corrected chi connectivity index (χ2v) is 17.6. The molecule has 7 rings (SSSR count). The normalized spacial score (nSPS) is 19.4. The Labute approximate surface area is 394 Å². The number of hydrogen-bond donors (Lipinski definition) is 3. The second kappa shape index (κ2) is 20.5. The number of carbonyl (C=O) groups is 9. The second-order valence-electron chi connectivity index (χ2n) is 15.2. The quantitative estimate of drug-likeness (QED) is 0.0200. The molecule has 25 heteroatoms. The van der Waals surface area contributed by atoms with E-state index in [9.17, 15) is 47.7 Å². The molecule has 7 amide bonds. The number of likely N-dealkylation sites (N-methyl/N-ethyl adjacent to an activating group) is 1. The molecular formula is C43H42N10O13S2. The fourth-order valence-corrected chi connectivity index (χ4v) is 10.4. The van der Waals surface area contributed by atoms with Crippen LogP contribution in [-0.4, -0.2) is 136 Å². The minimum Gasteiger partial charge on any atom is -0.614 e. The first kappa shape index (κ1) is 48.3. The summed E-state index contributed by atoms with van der Waals surface area (Å²) < 4.78 is 32.5. The van der Waals surface area contributed by atoms with E-state index in [0.29, 0.717) is 21.2 Å². The minimum absolute atomic E-state index is 0.0328. The van der Waals surface area contributed by atoms with Gasteiger partial charge in [-0.3, -0.25) is 43.4 Å². The number of carbonyl (C=O) groups excluding carboxylic acids is 9. The van der Waals surface area contributed by atoms with Gasteiger partial charge in [0.2, 0.25) is 22.8 Å². The molecule has 3 aliphatic heterocycles. The molecule has 2 fully saturated rings. The molecule has 2 saturated heterocycles. The monoisotopic (exact) mass is 970 g/mol. The van der Waals surface area contributed by atoms with Crippen LogP contribution in [0.4, 0.5) is 4.79 Å². The molecular weight excluding hydrogens is 929 g/mol. The van der Waals surface area contributed by atoms with Crippen molar-refractivity contribution in [2.45, 2.75) is 49.1 Å². The molecule has 4 aromatic rings. The van der Waals surface area contributed by atoms with E-state index >= 15 is 0 Å². The van der Waals surface area contributed by atoms with Crippen molar-refractivity contribution < 1.29 is 61.9 Å². The lowest BCUT2D eigenvalue weighted by molar-refractivity contribution is -0.165. The van der Waals surface area contributed by atoms with E-state index in [2.05, 4.69) is 31.5 Å². The summed E-state index contributed by atoms with van der Waals surface area (Å²) in [6.07, 6.45) is -0.936. The van der Waals surface area contributed by atoms with E-state index in [1.165, 1.54) is 15.6 Å². The van der Waals surface area contributed by atoms with Crippen LogP contribution in [0.2, 0.25) is 0 Å². The van der Waals surface area contributed by atoms with Crippen LogP contribution >= 0.6 is 11.8 Å². The Morgan fingerprint density at radius 3 is 2.15 bits per heavy atom. The SMILES string of the molecule is CCN1CCN(C(=O)NC(C(=O)N[C@]2(NC=O)C(=O)N3C(C(=O)OC(c4ccccc4)c4ccccc4)=C(CSc4nnnn4C)C[S+]([O-])[C@@H]32)c2ccc(OC(C)=O)c(OC(C)=O)c2)C(=O)C1=O. The van der Waals surface area contributed by atoms with Crippen LogP contribution in [0.3, 0.4) is 0 Å². The number of piperazine rings is 1. The molecule has 3 aliphatic rings. The van der Waals surface area contributed by atoms with E-state index < -0.39 is 81.9 Å². The molecule has 3 N–H and O–H groups in total. The zero-order valence-electron chi connectivity index (χ0n) is 36.6. The summed E-state index contributed by atoms with van der Waals surface area (Å²) in [4.78, 5) is 123. The summed E-state index contributed by atoms with van der Waals surface area (Å²) in [6.45, 7) is 3.62. The summed E-state index contributed by atoms with van der Waals surface area (Å²) in [6, 6.07) is 17.7. The summed E-state index contributed by atoms with van der Waals surface area (Å²) in [5.41, 5.74) is -1.75. The van der Waals surface area contributed by atoms with Gasteiger partial charge in [0.05, 0.1) is 0 Å². The van der Waals surface area contributed by atoms with Crippen molar-refractivity contribution in [2.75, 3.05) is 31.1 Å². The molecule has 0 spiro atoms. The van der Waals surface area contributed by atoms with Crippen LogP contribution in [0.1, 0.15) is 49.6 Å². The van der Waals surface area contributed by atoms with E-state index in [1.54, 1.807) is 74.6 Å². The van der Waals surface area contributed by atoms with Crippen LogP contribution in [0.15, 0.2) is 95.3 Å². The number of urea groups is 1. The summed E-state index contributed by atoms with van der Waals surface area (Å²) in [5.74, 6) is -8.42. The van der Waals surface area contributed by atoms with Gasteiger partial charge in [-0.15, -0.1) is 5.10 Å². The minimum atomic E-state index is -2.56. The average molecular weight is 971 g/mol. The van der Waals surface area contributed by atoms with Gasteiger partial charge in [0, 0.05) is 51.9 Å². The van der Waals surface area contributed by atoms with Crippen molar-refractivity contribution in [3.05, 3.63) is 107 Å². The largest absolute Gasteiger partial charge is 0.614 e. The van der Waals surface area contributed by atoms with E-state index in [4.69, 9.17) is 14.2 Å². The number of amides is 7. The predicted molar refractivity (Wildman–Crippen MR) is 235 cm³/mol. The van der Waals surface area contributed by atoms with Gasteiger partial charge in [-0.2, -0.15) is 0 Å². The van der Waals surface area contributed by atoms with Gasteiger partial charge in [0.25, 0.3) is 11.6 Å². The van der Waals surface area contributed by atoms with Gasteiger partial charge < -0.3 is 39.6 Å². The first-order valence-electron chi connectivity index (χ1n) is 20.6. The Kier molecular flexibility index (Phi) is 14.5. The first-order valence-corrected chi connectivity index (χ1v) is 23.0. The molecule has 3 aromatic carbocycles. The maximum Gasteiger partial charge on any atom is 0.356 e. The third-order valence-electron chi connectivity index (χ3n) is 10.8. The fourth-order valence-electron chi connectivity index (χ4n) is 7.64. The van der Waals surface area contributed by atoms with Crippen molar-refractivity contribution in [3.8, 4) is 11.5 Å². The third-order valence-corrected chi connectivity index (χ3v) is 13.6. The van der Waals surface area contributed by atoms with Gasteiger partial charge in [-0.25, -0.2) is 14.3 Å². The number of thioether (sulfide) groups is 1. The smallest absolute Gasteiger partial charge is 0.356 e. The van der Waals surface area contributed by atoms with Crippen LogP contribution in [0.5, 0.6) is 11.5 Å². The van der Waals surface area contributed by atoms with Gasteiger partial charge in [-0.1, -0.05) is 78.5 Å². The maximum atomic E-state index is 14.8. The van der Waals surface area contributed by atoms with Gasteiger partial charge in [0.15, 0.2) is 17.6 Å². The van der Waals surface area contributed by atoms with E-state index in [0.717, 1.165) is 42.6 Å². The van der Waals surface area contributed by atoms with Gasteiger partial charge >= 0.3 is 35.8 Å². The van der Waals surface area contributed by atoms with Crippen LogP contribution < -0.4 is 25.4 Å². The van der Waals surface area contributed by atoms with Crippen LogP contribution in [0.25, 0.3) is 0 Å². The zero-order valence-corrected chi connectivity index (χ0v) is 38.2. The number of β-lactam (4-membered cyclic amide) rings is 1. The Bertz CT molecular complexity index is 2670. The summed E-state index contributed by atoms with van der Waals surface area (Å²) >= 11 is -1.13. The number of rotatable bonds is 16. The highest BCUT2D eigenvalue weighted by molar-refractivity contribution is 7.99. The highest BCUT2D eigenvalue weighted by Gasteiger charge is 2.72. The molecule has 2 unspecified atom stereocenters. The number of hydrogen-bond acceptors (Lipinski definition) is 17. The molecule has 0 bridgehead atoms. The standard InChI is InChI=1S/C43H42N10O13S2/c1-5-51-18-19-52(37(59)36(51)58)41(62)45-32(28-16-17-30(64-24(2)55)31(20-28)65-25(3)56)35(57)46-43(44-23-54)39(61)53-33(29(22-68(63)40(43)53)21-67-42-47-48-49-50(42)4)38(60)66-34(26-12-8-6-9-13-26)27-14-10-7-11-15-27/h6-17,20,23,32,34,40H,5,18-19,21-22H2,1-4H3,(H,44,54)(H,45,62)(H,46,57)/t32?,40-,43-,68?/m1/s1. The molecule has 4 heterocycles. The number of tetrazole rings is 1. The van der Waals surface area contributed by atoms with Crippen molar-refractivity contribution in [3.63, 3.8) is 0 Å². The molecule has 0 aliphatic carbocycles. The van der Waals surface area contributed by atoms with Crippen molar-refractivity contribution in [1.29, 1.82) is 0 Å².